The highest BCUT2D eigenvalue weighted by Gasteiger charge is 2.08. The first-order valence-electron chi connectivity index (χ1n) is 6.06. The Balaban J connectivity index is 2.05. The van der Waals surface area contributed by atoms with Crippen LogP contribution in [0.5, 0.6) is 5.75 Å². The molecule has 0 aliphatic rings. The Hall–Kier alpha value is -2.30. The normalized spacial score (nSPS) is 10.5. The molecule has 2 rings (SSSR count). The number of aromatic hydroxyl groups is 1. The van der Waals surface area contributed by atoms with Crippen molar-refractivity contribution < 1.29 is 9.90 Å². The van der Waals surface area contributed by atoms with E-state index in [1.807, 2.05) is 19.9 Å². The summed E-state index contributed by atoms with van der Waals surface area (Å²) in [7, 11) is 0. The van der Waals surface area contributed by atoms with Gasteiger partial charge in [-0.2, -0.15) is 5.10 Å². The van der Waals surface area contributed by atoms with Crippen LogP contribution in [0, 0.1) is 20.8 Å². The van der Waals surface area contributed by atoms with Crippen molar-refractivity contribution in [2.24, 2.45) is 0 Å². The minimum Gasteiger partial charge on any atom is -0.508 e. The average molecular weight is 259 g/mol. The number of anilines is 1. The quantitative estimate of drug-likeness (QED) is 0.830. The molecule has 0 aliphatic heterocycles. The zero-order valence-electron chi connectivity index (χ0n) is 11.3. The fraction of sp³-hybridized carbons (Fsp3) is 0.286. The molecule has 1 heterocycles. The van der Waals surface area contributed by atoms with Gasteiger partial charge in [0.2, 0.25) is 5.91 Å². The van der Waals surface area contributed by atoms with Gasteiger partial charge in [-0.3, -0.25) is 9.48 Å². The number of nitrogens with one attached hydrogen (secondary N) is 1. The van der Waals surface area contributed by atoms with Gasteiger partial charge in [0.25, 0.3) is 0 Å². The number of aromatic nitrogens is 2. The predicted octanol–water partition coefficient (Wildman–Crippen LogP) is 2.15. The molecular formula is C14H17N3O2. The van der Waals surface area contributed by atoms with Crippen LogP contribution in [0.1, 0.15) is 17.0 Å². The number of carbonyl (C=O) groups is 1. The third-order valence-electron chi connectivity index (χ3n) is 2.88. The zero-order valence-corrected chi connectivity index (χ0v) is 11.3. The molecule has 0 radical (unpaired) electrons. The second-order valence-corrected chi connectivity index (χ2v) is 4.63. The van der Waals surface area contributed by atoms with Crippen LogP contribution >= 0.6 is 0 Å². The minimum absolute atomic E-state index is 0.142. The summed E-state index contributed by atoms with van der Waals surface area (Å²) in [5, 5.41) is 16.4. The summed E-state index contributed by atoms with van der Waals surface area (Å²) in [6.45, 7) is 5.77. The van der Waals surface area contributed by atoms with Gasteiger partial charge < -0.3 is 10.4 Å². The van der Waals surface area contributed by atoms with Crippen LogP contribution in [0.25, 0.3) is 0 Å². The number of nitrogens with zero attached hydrogens (tertiary/aromatic N) is 2. The molecule has 0 bridgehead atoms. The summed E-state index contributed by atoms with van der Waals surface area (Å²) in [5.41, 5.74) is 3.24. The van der Waals surface area contributed by atoms with Crippen molar-refractivity contribution >= 4 is 11.6 Å². The molecule has 1 aromatic heterocycles. The molecule has 1 amide bonds. The Morgan fingerprint density at radius 3 is 2.63 bits per heavy atom. The second kappa shape index (κ2) is 5.14. The third kappa shape index (κ3) is 3.13. The van der Waals surface area contributed by atoms with E-state index >= 15 is 0 Å². The smallest absolute Gasteiger partial charge is 0.246 e. The maximum absolute atomic E-state index is 11.9. The molecule has 0 aliphatic carbocycles. The lowest BCUT2D eigenvalue weighted by molar-refractivity contribution is -0.116. The van der Waals surface area contributed by atoms with Gasteiger partial charge in [-0.1, -0.05) is 0 Å². The molecule has 0 saturated heterocycles. The molecule has 0 saturated carbocycles. The van der Waals surface area contributed by atoms with E-state index in [9.17, 15) is 9.90 Å². The SMILES string of the molecule is Cc1cc(C)n(CC(=O)Nc2ccc(O)c(C)c2)n1. The fourth-order valence-electron chi connectivity index (χ4n) is 1.90. The number of phenols is 1. The highest BCUT2D eigenvalue weighted by atomic mass is 16.3. The van der Waals surface area contributed by atoms with Crippen LogP contribution in [0.15, 0.2) is 24.3 Å². The van der Waals surface area contributed by atoms with Crippen molar-refractivity contribution in [1.82, 2.24) is 9.78 Å². The van der Waals surface area contributed by atoms with Gasteiger partial charge in [0, 0.05) is 11.4 Å². The minimum atomic E-state index is -0.142. The molecular weight excluding hydrogens is 242 g/mol. The molecule has 2 N–H and O–H groups in total. The lowest BCUT2D eigenvalue weighted by Gasteiger charge is -2.08. The third-order valence-corrected chi connectivity index (χ3v) is 2.88. The number of phenolic OH excluding ortho intramolecular Hbond substituents is 1. The largest absolute Gasteiger partial charge is 0.508 e. The second-order valence-electron chi connectivity index (χ2n) is 4.63. The van der Waals surface area contributed by atoms with E-state index in [1.54, 1.807) is 29.8 Å². The molecule has 0 fully saturated rings. The number of hydrogen-bond donors (Lipinski definition) is 2. The van der Waals surface area contributed by atoms with Crippen molar-refractivity contribution in [1.29, 1.82) is 0 Å². The summed E-state index contributed by atoms with van der Waals surface area (Å²) in [4.78, 5) is 11.9. The van der Waals surface area contributed by atoms with Crippen LogP contribution in [0.4, 0.5) is 5.69 Å². The zero-order chi connectivity index (χ0) is 14.0. The number of benzene rings is 1. The van der Waals surface area contributed by atoms with Crippen LogP contribution in [-0.2, 0) is 11.3 Å². The maximum atomic E-state index is 11.9. The molecule has 5 nitrogen and oxygen atoms in total. The maximum Gasteiger partial charge on any atom is 0.246 e. The number of rotatable bonds is 3. The van der Waals surface area contributed by atoms with Gasteiger partial charge in [0.15, 0.2) is 0 Å². The first kappa shape index (κ1) is 13.1. The molecule has 0 spiro atoms. The van der Waals surface area contributed by atoms with E-state index < -0.39 is 0 Å². The summed E-state index contributed by atoms with van der Waals surface area (Å²) in [5.74, 6) is 0.0767. The first-order valence-corrected chi connectivity index (χ1v) is 6.06. The van der Waals surface area contributed by atoms with Crippen LogP contribution in [-0.4, -0.2) is 20.8 Å². The van der Waals surface area contributed by atoms with Crippen molar-refractivity contribution in [2.45, 2.75) is 27.3 Å². The van der Waals surface area contributed by atoms with Crippen LogP contribution in [0.3, 0.4) is 0 Å². The molecule has 0 unspecified atom stereocenters. The Labute approximate surface area is 111 Å². The topological polar surface area (TPSA) is 67.2 Å². The van der Waals surface area contributed by atoms with Crippen molar-refractivity contribution in [3.05, 3.63) is 41.2 Å². The van der Waals surface area contributed by atoms with Gasteiger partial charge >= 0.3 is 0 Å². The van der Waals surface area contributed by atoms with E-state index in [4.69, 9.17) is 0 Å². The van der Waals surface area contributed by atoms with E-state index in [1.165, 1.54) is 0 Å². The molecule has 5 heteroatoms. The van der Waals surface area contributed by atoms with Gasteiger partial charge in [0.05, 0.1) is 5.69 Å². The van der Waals surface area contributed by atoms with E-state index in [2.05, 4.69) is 10.4 Å². The first-order chi connectivity index (χ1) is 8.95. The molecule has 19 heavy (non-hydrogen) atoms. The van der Waals surface area contributed by atoms with Crippen molar-refractivity contribution in [2.75, 3.05) is 5.32 Å². The molecule has 2 aromatic rings. The Morgan fingerprint density at radius 2 is 2.05 bits per heavy atom. The standard InChI is InChI=1S/C14H17N3O2/c1-9-6-12(4-5-13(9)18)15-14(19)8-17-11(3)7-10(2)16-17/h4-7,18H,8H2,1-3H3,(H,15,19). The monoisotopic (exact) mass is 259 g/mol. The number of hydrogen-bond acceptors (Lipinski definition) is 3. The van der Waals surface area contributed by atoms with Crippen molar-refractivity contribution in [3.8, 4) is 5.75 Å². The highest BCUT2D eigenvalue weighted by Crippen LogP contribution is 2.20. The summed E-state index contributed by atoms with van der Waals surface area (Å²) >= 11 is 0. The Morgan fingerprint density at radius 1 is 1.32 bits per heavy atom. The van der Waals surface area contributed by atoms with Crippen molar-refractivity contribution in [3.63, 3.8) is 0 Å². The summed E-state index contributed by atoms with van der Waals surface area (Å²) in [6, 6.07) is 6.89. The predicted molar refractivity (Wildman–Crippen MR) is 73.2 cm³/mol. The number of aryl methyl sites for hydroxylation is 3. The number of amides is 1. The van der Waals surface area contributed by atoms with Crippen LogP contribution in [0.2, 0.25) is 0 Å². The average Bonchev–Trinajstić information content (AvgIpc) is 2.62. The Bertz CT molecular complexity index is 617. The van der Waals surface area contributed by atoms with Crippen LogP contribution < -0.4 is 5.32 Å². The van der Waals surface area contributed by atoms with Gasteiger partial charge in [-0.25, -0.2) is 0 Å². The lowest BCUT2D eigenvalue weighted by atomic mass is 10.2. The van der Waals surface area contributed by atoms with E-state index in [0.29, 0.717) is 5.69 Å². The lowest BCUT2D eigenvalue weighted by Crippen LogP contribution is -2.20. The van der Waals surface area contributed by atoms with Gasteiger partial charge in [-0.05, 0) is 50.6 Å². The van der Waals surface area contributed by atoms with Gasteiger partial charge in [0.1, 0.15) is 12.3 Å². The number of carbonyl (C=O) groups excluding carboxylic acids is 1. The summed E-state index contributed by atoms with van der Waals surface area (Å²) < 4.78 is 1.66. The Kier molecular flexibility index (Phi) is 3.55. The molecule has 0 atom stereocenters. The molecule has 100 valence electrons. The van der Waals surface area contributed by atoms with E-state index in [0.717, 1.165) is 17.0 Å². The highest BCUT2D eigenvalue weighted by molar-refractivity contribution is 5.90. The fourth-order valence-corrected chi connectivity index (χ4v) is 1.90. The molecule has 1 aromatic carbocycles. The summed E-state index contributed by atoms with van der Waals surface area (Å²) in [6.07, 6.45) is 0. The van der Waals surface area contributed by atoms with Gasteiger partial charge in [-0.15, -0.1) is 0 Å². The van der Waals surface area contributed by atoms with E-state index in [-0.39, 0.29) is 18.2 Å².